The lowest BCUT2D eigenvalue weighted by Crippen LogP contribution is -2.36. The second-order valence-corrected chi connectivity index (χ2v) is 9.70. The summed E-state index contributed by atoms with van der Waals surface area (Å²) in [5.41, 5.74) is -0.192. The smallest absolute Gasteiger partial charge is 0.338 e. The highest BCUT2D eigenvalue weighted by atomic mass is 16.5. The minimum absolute atomic E-state index is 0.00621. The molecule has 1 aliphatic rings. The van der Waals surface area contributed by atoms with Crippen molar-refractivity contribution in [1.29, 1.82) is 0 Å². The van der Waals surface area contributed by atoms with Crippen LogP contribution in [0.15, 0.2) is 78.9 Å². The number of rotatable bonds is 7. The molecule has 0 heterocycles. The Morgan fingerprint density at radius 2 is 1.48 bits per heavy atom. The molecule has 5 rings (SSSR count). The molecule has 1 aliphatic carbocycles. The van der Waals surface area contributed by atoms with Crippen LogP contribution >= 0.6 is 0 Å². The number of nitrogens with one attached hydrogen (secondary N) is 1. The van der Waals surface area contributed by atoms with Crippen LogP contribution in [0.2, 0.25) is 0 Å². The summed E-state index contributed by atoms with van der Waals surface area (Å²) in [5, 5.41) is 66.4. The number of ether oxygens (including phenoxy) is 1. The molecule has 1 unspecified atom stereocenters. The number of phenols is 4. The Hall–Kier alpha value is -5.55. The molecule has 6 N–H and O–H groups in total. The number of esters is 1. The standard InChI is InChI=1S/C31H24NO10/c33-18-10-8-15(9-11-18)29(38)32-27-19-5-2-1-4-16(19)14-24(27)42-31(41)17-12-22(35)26(23(36)13-17)28(37)25-20(30(39)40)6-3-7-21(25)34/h1-13,24,27-28,33-36H,14H2,(H,32,38)(H,39,40)/q-1/t24-,27-,28?/m1/s1. The van der Waals surface area contributed by atoms with Crippen LogP contribution in [-0.4, -0.2) is 49.5 Å². The largest absolute Gasteiger partial charge is 0.845 e. The Bertz CT molecular complexity index is 1680. The van der Waals surface area contributed by atoms with Crippen LogP contribution in [-0.2, 0) is 11.2 Å². The van der Waals surface area contributed by atoms with Gasteiger partial charge in [-0.1, -0.05) is 36.4 Å². The van der Waals surface area contributed by atoms with Gasteiger partial charge in [-0.2, -0.15) is 0 Å². The first kappa shape index (κ1) is 28.0. The molecule has 0 radical (unpaired) electrons. The molecule has 0 spiro atoms. The molecule has 3 atom stereocenters. The van der Waals surface area contributed by atoms with Gasteiger partial charge < -0.3 is 40.7 Å². The van der Waals surface area contributed by atoms with Crippen molar-refractivity contribution >= 4 is 17.8 Å². The summed E-state index contributed by atoms with van der Waals surface area (Å²) in [4.78, 5) is 37.7. The van der Waals surface area contributed by atoms with Crippen molar-refractivity contribution in [2.75, 3.05) is 0 Å². The van der Waals surface area contributed by atoms with Crippen LogP contribution in [0.4, 0.5) is 0 Å². The monoisotopic (exact) mass is 570 g/mol. The van der Waals surface area contributed by atoms with Crippen LogP contribution in [0.3, 0.4) is 0 Å². The van der Waals surface area contributed by atoms with Gasteiger partial charge >= 0.3 is 11.9 Å². The molecule has 0 aliphatic heterocycles. The second-order valence-electron chi connectivity index (χ2n) is 9.70. The summed E-state index contributed by atoms with van der Waals surface area (Å²) >= 11 is 0. The number of carbonyl (C=O) groups excluding carboxylic acids is 2. The molecule has 1 amide bonds. The number of carboxylic acids is 1. The van der Waals surface area contributed by atoms with Gasteiger partial charge in [0.2, 0.25) is 0 Å². The quantitative estimate of drug-likeness (QED) is 0.180. The average Bonchev–Trinajstić information content (AvgIpc) is 3.29. The highest BCUT2D eigenvalue weighted by Crippen LogP contribution is 2.40. The fraction of sp³-hybridized carbons (Fsp3) is 0.129. The number of benzene rings is 4. The number of hydrogen-bond donors (Lipinski definition) is 6. The van der Waals surface area contributed by atoms with Gasteiger partial charge in [-0.25, -0.2) is 9.59 Å². The van der Waals surface area contributed by atoms with E-state index in [1.165, 1.54) is 30.3 Å². The van der Waals surface area contributed by atoms with Crippen molar-refractivity contribution in [3.05, 3.63) is 118 Å². The summed E-state index contributed by atoms with van der Waals surface area (Å²) in [6.45, 7) is 0. The third-order valence-corrected chi connectivity index (χ3v) is 7.07. The average molecular weight is 571 g/mol. The number of phenolic OH excluding ortho intramolecular Hbond substituents is 4. The van der Waals surface area contributed by atoms with Gasteiger partial charge in [-0.3, -0.25) is 4.79 Å². The Labute approximate surface area is 238 Å². The fourth-order valence-corrected chi connectivity index (χ4v) is 5.05. The van der Waals surface area contributed by atoms with Crippen LogP contribution in [0.5, 0.6) is 23.0 Å². The first-order chi connectivity index (χ1) is 20.0. The van der Waals surface area contributed by atoms with Crippen molar-refractivity contribution in [3.63, 3.8) is 0 Å². The van der Waals surface area contributed by atoms with E-state index < -0.39 is 70.0 Å². The lowest BCUT2D eigenvalue weighted by molar-refractivity contribution is -0.412. The third kappa shape index (κ3) is 5.28. The predicted octanol–water partition coefficient (Wildman–Crippen LogP) is 2.91. The molecule has 11 nitrogen and oxygen atoms in total. The van der Waals surface area contributed by atoms with Gasteiger partial charge in [0.25, 0.3) is 5.91 Å². The summed E-state index contributed by atoms with van der Waals surface area (Å²) in [7, 11) is 0. The van der Waals surface area contributed by atoms with E-state index >= 15 is 0 Å². The van der Waals surface area contributed by atoms with E-state index in [-0.39, 0.29) is 23.3 Å². The molecule has 214 valence electrons. The molecule has 4 aromatic carbocycles. The highest BCUT2D eigenvalue weighted by Gasteiger charge is 2.37. The van der Waals surface area contributed by atoms with Crippen molar-refractivity contribution in [3.8, 4) is 23.0 Å². The second kappa shape index (κ2) is 11.1. The first-order valence-electron chi connectivity index (χ1n) is 12.7. The number of carbonyl (C=O) groups is 3. The van der Waals surface area contributed by atoms with Gasteiger partial charge in [-0.05, 0) is 65.2 Å². The maximum absolute atomic E-state index is 13.2. The van der Waals surface area contributed by atoms with Gasteiger partial charge in [-0.15, -0.1) is 0 Å². The van der Waals surface area contributed by atoms with E-state index in [0.29, 0.717) is 0 Å². The molecular weight excluding hydrogens is 546 g/mol. The van der Waals surface area contributed by atoms with E-state index in [9.17, 15) is 45.0 Å². The zero-order chi connectivity index (χ0) is 30.1. The summed E-state index contributed by atoms with van der Waals surface area (Å²) in [6, 6.07) is 17.3. The van der Waals surface area contributed by atoms with E-state index in [1.807, 2.05) is 6.07 Å². The SMILES string of the molecule is O=C(N[C@@H]1c2ccccc2C[C@H]1OC(=O)c1cc(O)c(C([O-])c2c(O)cccc2C(=O)O)c(O)c1)c1ccc(O)cc1. The number of fused-ring (bicyclic) bond motifs is 1. The maximum Gasteiger partial charge on any atom is 0.338 e. The summed E-state index contributed by atoms with van der Waals surface area (Å²) in [6.07, 6.45) is -2.82. The van der Waals surface area contributed by atoms with Gasteiger partial charge in [0.1, 0.15) is 29.1 Å². The van der Waals surface area contributed by atoms with E-state index in [2.05, 4.69) is 5.32 Å². The molecule has 11 heteroatoms. The Morgan fingerprint density at radius 3 is 2.14 bits per heavy atom. The first-order valence-corrected chi connectivity index (χ1v) is 12.7. The Kier molecular flexibility index (Phi) is 7.43. The normalized spacial score (nSPS) is 16.3. The summed E-state index contributed by atoms with van der Waals surface area (Å²) in [5.74, 6) is -5.20. The molecule has 0 bridgehead atoms. The molecular formula is C31H24NO10-. The summed E-state index contributed by atoms with van der Waals surface area (Å²) < 4.78 is 5.70. The predicted molar refractivity (Wildman–Crippen MR) is 144 cm³/mol. The zero-order valence-electron chi connectivity index (χ0n) is 21.7. The van der Waals surface area contributed by atoms with Crippen molar-refractivity contribution < 1.29 is 49.8 Å². The zero-order valence-corrected chi connectivity index (χ0v) is 21.7. The van der Waals surface area contributed by atoms with E-state index in [1.54, 1.807) is 18.2 Å². The van der Waals surface area contributed by atoms with Gasteiger partial charge in [0, 0.05) is 17.5 Å². The third-order valence-electron chi connectivity index (χ3n) is 7.07. The number of aromatic hydroxyl groups is 4. The Morgan fingerprint density at radius 1 is 0.810 bits per heavy atom. The minimum atomic E-state index is -2.20. The molecule has 0 saturated carbocycles. The van der Waals surface area contributed by atoms with Crippen LogP contribution in [0, 0.1) is 0 Å². The van der Waals surface area contributed by atoms with Crippen LogP contribution < -0.4 is 10.4 Å². The van der Waals surface area contributed by atoms with Crippen molar-refractivity contribution in [2.45, 2.75) is 24.7 Å². The molecule has 0 saturated heterocycles. The van der Waals surface area contributed by atoms with Crippen LogP contribution in [0.1, 0.15) is 65.5 Å². The molecule has 42 heavy (non-hydrogen) atoms. The van der Waals surface area contributed by atoms with Crippen molar-refractivity contribution in [1.82, 2.24) is 5.32 Å². The Balaban J connectivity index is 1.40. The molecule has 0 aromatic heterocycles. The van der Waals surface area contributed by atoms with Crippen molar-refractivity contribution in [2.24, 2.45) is 0 Å². The number of amides is 1. The number of aromatic carboxylic acids is 1. The van der Waals surface area contributed by atoms with Gasteiger partial charge in [0.15, 0.2) is 0 Å². The lowest BCUT2D eigenvalue weighted by atomic mass is 9.93. The maximum atomic E-state index is 13.2. The number of carboxylic acid groups (broad SMARTS) is 1. The van der Waals surface area contributed by atoms with Crippen LogP contribution in [0.25, 0.3) is 0 Å². The number of hydrogen-bond acceptors (Lipinski definition) is 9. The topological polar surface area (TPSA) is 197 Å². The fourth-order valence-electron chi connectivity index (χ4n) is 5.05. The highest BCUT2D eigenvalue weighted by molar-refractivity contribution is 5.95. The lowest BCUT2D eigenvalue weighted by Gasteiger charge is -2.27. The van der Waals surface area contributed by atoms with Gasteiger partial charge in [0.05, 0.1) is 17.2 Å². The molecule has 0 fully saturated rings. The van der Waals surface area contributed by atoms with E-state index in [0.717, 1.165) is 35.4 Å². The minimum Gasteiger partial charge on any atom is -0.845 e. The van der Waals surface area contributed by atoms with E-state index in [4.69, 9.17) is 4.74 Å². The molecule has 4 aromatic rings.